The average Bonchev–Trinajstić information content (AvgIpc) is 2.29. The van der Waals surface area contributed by atoms with Crippen LogP contribution in [0.15, 0.2) is 30.3 Å². The molecule has 1 rings (SSSR count). The van der Waals surface area contributed by atoms with Crippen LogP contribution in [0.3, 0.4) is 0 Å². The quantitative estimate of drug-likeness (QED) is 0.757. The predicted molar refractivity (Wildman–Crippen MR) is 61.3 cm³/mol. The van der Waals surface area contributed by atoms with Gasteiger partial charge in [0.1, 0.15) is 0 Å². The molecule has 84 valence electrons. The molecule has 0 saturated heterocycles. The van der Waals surface area contributed by atoms with Crippen LogP contribution in [0.5, 0.6) is 0 Å². The van der Waals surface area contributed by atoms with Crippen LogP contribution in [0.4, 0.5) is 0 Å². The van der Waals surface area contributed by atoms with Gasteiger partial charge in [-0.3, -0.25) is 10.1 Å². The van der Waals surface area contributed by atoms with Gasteiger partial charge in [0, 0.05) is 0 Å². The molecule has 0 radical (unpaired) electrons. The molecule has 0 bridgehead atoms. The van der Waals surface area contributed by atoms with E-state index in [2.05, 4.69) is 5.32 Å². The molecule has 1 aromatic rings. The highest BCUT2D eigenvalue weighted by atomic mass is 16.1. The van der Waals surface area contributed by atoms with Crippen LogP contribution in [0.1, 0.15) is 12.5 Å². The first-order chi connectivity index (χ1) is 7.63. The maximum atomic E-state index is 11.2. The third-order valence-electron chi connectivity index (χ3n) is 2.27. The molecule has 1 unspecified atom stereocenters. The van der Waals surface area contributed by atoms with Crippen molar-refractivity contribution in [1.29, 1.82) is 5.26 Å². The minimum atomic E-state index is -0.503. The highest BCUT2D eigenvalue weighted by Gasteiger charge is 2.17. The van der Waals surface area contributed by atoms with E-state index in [9.17, 15) is 4.79 Å². The molecule has 0 saturated carbocycles. The highest BCUT2D eigenvalue weighted by Crippen LogP contribution is 2.03. The molecule has 16 heavy (non-hydrogen) atoms. The van der Waals surface area contributed by atoms with E-state index >= 15 is 0 Å². The van der Waals surface area contributed by atoms with Crippen molar-refractivity contribution in [1.82, 2.24) is 5.32 Å². The lowest BCUT2D eigenvalue weighted by atomic mass is 10.0. The number of hydrogen-bond donors (Lipinski definition) is 2. The standard InChI is InChI=1S/C12H15N3O/c1-9(8-13)15-11(12(14)16)7-10-5-3-2-4-6-10/h2-6,9,11,15H,7H2,1H3,(H2,14,16)/t9?,11-/m0/s1. The van der Waals surface area contributed by atoms with Gasteiger partial charge in [0.15, 0.2) is 0 Å². The summed E-state index contributed by atoms with van der Waals surface area (Å²) in [4.78, 5) is 11.2. The monoisotopic (exact) mass is 217 g/mol. The van der Waals surface area contributed by atoms with Crippen LogP contribution >= 0.6 is 0 Å². The molecule has 1 aromatic carbocycles. The largest absolute Gasteiger partial charge is 0.368 e. The van der Waals surface area contributed by atoms with Crippen LogP contribution in [0.2, 0.25) is 0 Å². The number of benzene rings is 1. The zero-order valence-corrected chi connectivity index (χ0v) is 9.18. The van der Waals surface area contributed by atoms with Crippen LogP contribution < -0.4 is 11.1 Å². The summed E-state index contributed by atoms with van der Waals surface area (Å²) in [5.41, 5.74) is 6.29. The topological polar surface area (TPSA) is 78.9 Å². The summed E-state index contributed by atoms with van der Waals surface area (Å²) >= 11 is 0. The summed E-state index contributed by atoms with van der Waals surface area (Å²) in [7, 11) is 0. The summed E-state index contributed by atoms with van der Waals surface area (Å²) < 4.78 is 0. The fraction of sp³-hybridized carbons (Fsp3) is 0.333. The van der Waals surface area contributed by atoms with Crippen molar-refractivity contribution in [3.8, 4) is 6.07 Å². The number of nitrogens with zero attached hydrogens (tertiary/aromatic N) is 1. The third kappa shape index (κ3) is 3.71. The molecule has 0 aliphatic carbocycles. The molecule has 4 heteroatoms. The lowest BCUT2D eigenvalue weighted by molar-refractivity contribution is -0.120. The molecule has 0 fully saturated rings. The van der Waals surface area contributed by atoms with Crippen molar-refractivity contribution < 1.29 is 4.79 Å². The van der Waals surface area contributed by atoms with Crippen LogP contribution in [0, 0.1) is 11.3 Å². The highest BCUT2D eigenvalue weighted by molar-refractivity contribution is 5.80. The molecule has 0 aromatic heterocycles. The number of nitrogens with one attached hydrogen (secondary N) is 1. The van der Waals surface area contributed by atoms with E-state index < -0.39 is 11.9 Å². The molecule has 0 aliphatic heterocycles. The number of primary amides is 1. The summed E-state index contributed by atoms with van der Waals surface area (Å²) in [5, 5.41) is 11.5. The van der Waals surface area contributed by atoms with E-state index in [0.717, 1.165) is 5.56 Å². The van der Waals surface area contributed by atoms with Crippen LogP contribution in [-0.4, -0.2) is 18.0 Å². The molecule has 0 spiro atoms. The first-order valence-corrected chi connectivity index (χ1v) is 5.12. The van der Waals surface area contributed by atoms with E-state index in [1.807, 2.05) is 36.4 Å². The number of amides is 1. The van der Waals surface area contributed by atoms with Crippen molar-refractivity contribution in [3.63, 3.8) is 0 Å². The van der Waals surface area contributed by atoms with Gasteiger partial charge in [-0.05, 0) is 18.9 Å². The van der Waals surface area contributed by atoms with Crippen LogP contribution in [0.25, 0.3) is 0 Å². The second-order valence-corrected chi connectivity index (χ2v) is 3.66. The minimum Gasteiger partial charge on any atom is -0.368 e. The van der Waals surface area contributed by atoms with Crippen molar-refractivity contribution >= 4 is 5.91 Å². The SMILES string of the molecule is CC(C#N)N[C@@H](Cc1ccccc1)C(N)=O. The zero-order valence-electron chi connectivity index (χ0n) is 9.18. The summed E-state index contributed by atoms with van der Waals surface area (Å²) in [5.74, 6) is -0.439. The van der Waals surface area contributed by atoms with E-state index in [-0.39, 0.29) is 6.04 Å². The molecule has 2 atom stereocenters. The first-order valence-electron chi connectivity index (χ1n) is 5.12. The second kappa shape index (κ2) is 5.89. The first kappa shape index (κ1) is 12.2. The third-order valence-corrected chi connectivity index (χ3v) is 2.27. The lowest BCUT2D eigenvalue weighted by Gasteiger charge is -2.16. The molecule has 3 N–H and O–H groups in total. The number of carbonyl (C=O) groups is 1. The smallest absolute Gasteiger partial charge is 0.234 e. The predicted octanol–water partition coefficient (Wildman–Crippen LogP) is 0.585. The average molecular weight is 217 g/mol. The zero-order chi connectivity index (χ0) is 12.0. The number of nitriles is 1. The molecule has 0 aliphatic rings. The Morgan fingerprint density at radius 2 is 2.12 bits per heavy atom. The number of carbonyl (C=O) groups excluding carboxylic acids is 1. The second-order valence-electron chi connectivity index (χ2n) is 3.66. The molecular weight excluding hydrogens is 202 g/mol. The fourth-order valence-electron chi connectivity index (χ4n) is 1.43. The molecule has 1 amide bonds. The fourth-order valence-corrected chi connectivity index (χ4v) is 1.43. The summed E-state index contributed by atoms with van der Waals surface area (Å²) in [6.07, 6.45) is 0.502. The molecule has 4 nitrogen and oxygen atoms in total. The number of rotatable bonds is 5. The Bertz CT molecular complexity index is 383. The van der Waals surface area contributed by atoms with Gasteiger partial charge in [0.05, 0.1) is 18.2 Å². The maximum absolute atomic E-state index is 11.2. The van der Waals surface area contributed by atoms with Gasteiger partial charge in [0.2, 0.25) is 5.91 Å². The lowest BCUT2D eigenvalue weighted by Crippen LogP contribution is -2.46. The molecular formula is C12H15N3O. The Labute approximate surface area is 95.1 Å². The van der Waals surface area contributed by atoms with Crippen LogP contribution in [-0.2, 0) is 11.2 Å². The van der Waals surface area contributed by atoms with E-state index in [1.165, 1.54) is 0 Å². The van der Waals surface area contributed by atoms with Gasteiger partial charge in [-0.2, -0.15) is 5.26 Å². The van der Waals surface area contributed by atoms with Gasteiger partial charge in [-0.25, -0.2) is 0 Å². The van der Waals surface area contributed by atoms with Gasteiger partial charge >= 0.3 is 0 Å². The van der Waals surface area contributed by atoms with E-state index in [0.29, 0.717) is 6.42 Å². The van der Waals surface area contributed by atoms with E-state index in [1.54, 1.807) is 6.92 Å². The van der Waals surface area contributed by atoms with Gasteiger partial charge in [0.25, 0.3) is 0 Å². The van der Waals surface area contributed by atoms with Gasteiger partial charge < -0.3 is 5.73 Å². The summed E-state index contributed by atoms with van der Waals surface area (Å²) in [6, 6.07) is 10.7. The van der Waals surface area contributed by atoms with Crippen molar-refractivity contribution in [2.24, 2.45) is 5.73 Å². The summed E-state index contributed by atoms with van der Waals surface area (Å²) in [6.45, 7) is 1.70. The maximum Gasteiger partial charge on any atom is 0.234 e. The van der Waals surface area contributed by atoms with Crippen molar-refractivity contribution in [2.75, 3.05) is 0 Å². The van der Waals surface area contributed by atoms with E-state index in [4.69, 9.17) is 11.0 Å². The number of nitrogens with two attached hydrogens (primary N) is 1. The Morgan fingerprint density at radius 3 is 2.62 bits per heavy atom. The Kier molecular flexibility index (Phi) is 4.49. The number of hydrogen-bond acceptors (Lipinski definition) is 3. The normalized spacial score (nSPS) is 13.8. The Hall–Kier alpha value is -1.86. The van der Waals surface area contributed by atoms with Gasteiger partial charge in [-0.15, -0.1) is 0 Å². The van der Waals surface area contributed by atoms with Gasteiger partial charge in [-0.1, -0.05) is 30.3 Å². The van der Waals surface area contributed by atoms with Crippen molar-refractivity contribution in [2.45, 2.75) is 25.4 Å². The Balaban J connectivity index is 2.66. The molecule has 0 heterocycles. The Morgan fingerprint density at radius 1 is 1.50 bits per heavy atom. The van der Waals surface area contributed by atoms with Crippen molar-refractivity contribution in [3.05, 3.63) is 35.9 Å². The minimum absolute atomic E-state index is 0.388.